The molecule has 0 atom stereocenters. The number of hydrogen-bond donors (Lipinski definition) is 2. The van der Waals surface area contributed by atoms with E-state index >= 15 is 0 Å². The molecule has 0 spiro atoms. The normalized spacial score (nSPS) is 12.8. The highest BCUT2D eigenvalue weighted by atomic mass is 32.2. The van der Waals surface area contributed by atoms with Crippen molar-refractivity contribution in [2.24, 2.45) is 5.73 Å². The van der Waals surface area contributed by atoms with E-state index in [9.17, 15) is 12.8 Å². The van der Waals surface area contributed by atoms with Crippen molar-refractivity contribution in [3.05, 3.63) is 42.2 Å². The molecule has 1 rings (SSSR count). The molecule has 1 aromatic carbocycles. The minimum atomic E-state index is -3.59. The van der Waals surface area contributed by atoms with E-state index in [-0.39, 0.29) is 23.6 Å². The molecule has 0 aromatic heterocycles. The van der Waals surface area contributed by atoms with Crippen LogP contribution < -0.4 is 10.5 Å². The van der Waals surface area contributed by atoms with Crippen molar-refractivity contribution in [1.29, 1.82) is 0 Å². The molecule has 88 valence electrons. The molecule has 16 heavy (non-hydrogen) atoms. The SMILES string of the molecule is NC/C(=C\F)CNS(=O)(=O)c1ccccc1. The second kappa shape index (κ2) is 5.74. The number of nitrogens with two attached hydrogens (primary N) is 1. The fraction of sp³-hybridized carbons (Fsp3) is 0.200. The molecule has 0 aliphatic rings. The first-order valence-corrected chi connectivity index (χ1v) is 6.11. The van der Waals surface area contributed by atoms with Gasteiger partial charge in [-0.25, -0.2) is 17.5 Å². The second-order valence-corrected chi connectivity index (χ2v) is 4.88. The van der Waals surface area contributed by atoms with E-state index in [4.69, 9.17) is 5.73 Å². The largest absolute Gasteiger partial charge is 0.327 e. The summed E-state index contributed by atoms with van der Waals surface area (Å²) in [6.45, 7) is -0.141. The van der Waals surface area contributed by atoms with Gasteiger partial charge in [-0.05, 0) is 17.7 Å². The number of halogens is 1. The Morgan fingerprint density at radius 2 is 2.00 bits per heavy atom. The number of sulfonamides is 1. The van der Waals surface area contributed by atoms with Gasteiger partial charge in [-0.1, -0.05) is 18.2 Å². The minimum Gasteiger partial charge on any atom is -0.327 e. The van der Waals surface area contributed by atoms with Crippen molar-refractivity contribution in [1.82, 2.24) is 4.72 Å². The molecule has 0 radical (unpaired) electrons. The van der Waals surface area contributed by atoms with Crippen LogP contribution in [0.1, 0.15) is 0 Å². The van der Waals surface area contributed by atoms with Crippen molar-refractivity contribution < 1.29 is 12.8 Å². The number of hydrogen-bond acceptors (Lipinski definition) is 3. The zero-order valence-corrected chi connectivity index (χ0v) is 9.37. The van der Waals surface area contributed by atoms with Gasteiger partial charge in [0, 0.05) is 13.1 Å². The van der Waals surface area contributed by atoms with Gasteiger partial charge in [-0.2, -0.15) is 0 Å². The van der Waals surface area contributed by atoms with Crippen LogP contribution in [0.15, 0.2) is 47.1 Å². The van der Waals surface area contributed by atoms with E-state index in [1.54, 1.807) is 18.2 Å². The third kappa shape index (κ3) is 3.41. The summed E-state index contributed by atoms with van der Waals surface area (Å²) in [4.78, 5) is 0.144. The lowest BCUT2D eigenvalue weighted by Gasteiger charge is -2.07. The predicted molar refractivity (Wildman–Crippen MR) is 59.9 cm³/mol. The molecule has 0 saturated heterocycles. The van der Waals surface area contributed by atoms with Gasteiger partial charge in [-0.3, -0.25) is 0 Å². The molecule has 0 aliphatic heterocycles. The third-order valence-electron chi connectivity index (χ3n) is 1.96. The van der Waals surface area contributed by atoms with E-state index in [0.717, 1.165) is 0 Å². The summed E-state index contributed by atoms with van der Waals surface area (Å²) < 4.78 is 37.8. The number of benzene rings is 1. The van der Waals surface area contributed by atoms with E-state index in [1.807, 2.05) is 0 Å². The summed E-state index contributed by atoms with van der Waals surface area (Å²) in [5, 5.41) is 0. The Bertz CT molecular complexity index is 457. The highest BCUT2D eigenvalue weighted by molar-refractivity contribution is 7.89. The van der Waals surface area contributed by atoms with Gasteiger partial charge in [-0.15, -0.1) is 0 Å². The molecule has 0 saturated carbocycles. The van der Waals surface area contributed by atoms with Gasteiger partial charge in [0.2, 0.25) is 10.0 Å². The Morgan fingerprint density at radius 1 is 1.38 bits per heavy atom. The van der Waals surface area contributed by atoms with E-state index in [0.29, 0.717) is 6.33 Å². The van der Waals surface area contributed by atoms with Crippen LogP contribution in [0.2, 0.25) is 0 Å². The molecule has 6 heteroatoms. The van der Waals surface area contributed by atoms with Gasteiger partial charge in [0.25, 0.3) is 0 Å². The van der Waals surface area contributed by atoms with Gasteiger partial charge in [0.05, 0.1) is 11.2 Å². The lowest BCUT2D eigenvalue weighted by atomic mass is 10.3. The third-order valence-corrected chi connectivity index (χ3v) is 3.38. The van der Waals surface area contributed by atoms with Crippen LogP contribution in [0.4, 0.5) is 4.39 Å². The van der Waals surface area contributed by atoms with Crippen LogP contribution in [0.5, 0.6) is 0 Å². The highest BCUT2D eigenvalue weighted by Gasteiger charge is 2.12. The topological polar surface area (TPSA) is 72.2 Å². The molecule has 0 heterocycles. The van der Waals surface area contributed by atoms with Crippen molar-refractivity contribution in [3.63, 3.8) is 0 Å². The summed E-state index contributed by atoms with van der Waals surface area (Å²) in [7, 11) is -3.59. The maximum absolute atomic E-state index is 12.2. The fourth-order valence-corrected chi connectivity index (χ4v) is 2.08. The molecule has 0 amide bonds. The molecular weight excluding hydrogens is 231 g/mol. The highest BCUT2D eigenvalue weighted by Crippen LogP contribution is 2.07. The zero-order valence-electron chi connectivity index (χ0n) is 8.56. The van der Waals surface area contributed by atoms with Crippen LogP contribution in [-0.4, -0.2) is 21.5 Å². The van der Waals surface area contributed by atoms with E-state index in [2.05, 4.69) is 4.72 Å². The molecule has 0 fully saturated rings. The van der Waals surface area contributed by atoms with Crippen LogP contribution >= 0.6 is 0 Å². The molecule has 4 nitrogen and oxygen atoms in total. The first kappa shape index (κ1) is 12.8. The zero-order chi connectivity index (χ0) is 12.0. The Kier molecular flexibility index (Phi) is 4.60. The summed E-state index contributed by atoms with van der Waals surface area (Å²) >= 11 is 0. The van der Waals surface area contributed by atoms with Crippen molar-refractivity contribution in [3.8, 4) is 0 Å². The maximum Gasteiger partial charge on any atom is 0.240 e. The van der Waals surface area contributed by atoms with Crippen LogP contribution in [0.3, 0.4) is 0 Å². The second-order valence-electron chi connectivity index (χ2n) is 3.11. The Balaban J connectivity index is 2.74. The molecule has 0 aliphatic carbocycles. The standard InChI is InChI=1S/C10H13FN2O2S/c11-6-9(7-12)8-13-16(14,15)10-4-2-1-3-5-10/h1-6,13H,7-8,12H2/b9-6+. The number of rotatable bonds is 5. The van der Waals surface area contributed by atoms with Gasteiger partial charge in [0.15, 0.2) is 0 Å². The quantitative estimate of drug-likeness (QED) is 0.804. The van der Waals surface area contributed by atoms with Gasteiger partial charge >= 0.3 is 0 Å². The van der Waals surface area contributed by atoms with Crippen LogP contribution in [0, 0.1) is 0 Å². The molecule has 0 bridgehead atoms. The Hall–Kier alpha value is -1.24. The summed E-state index contributed by atoms with van der Waals surface area (Å²) in [6.07, 6.45) is 0.313. The number of nitrogens with one attached hydrogen (secondary N) is 1. The molecule has 0 unspecified atom stereocenters. The van der Waals surface area contributed by atoms with Crippen molar-refractivity contribution >= 4 is 10.0 Å². The fourth-order valence-electron chi connectivity index (χ4n) is 1.03. The molecule has 1 aromatic rings. The van der Waals surface area contributed by atoms with Crippen LogP contribution in [-0.2, 0) is 10.0 Å². The van der Waals surface area contributed by atoms with Crippen molar-refractivity contribution in [2.75, 3.05) is 13.1 Å². The smallest absolute Gasteiger partial charge is 0.240 e. The first-order chi connectivity index (χ1) is 7.60. The summed E-state index contributed by atoms with van der Waals surface area (Å²) in [6, 6.07) is 7.87. The summed E-state index contributed by atoms with van der Waals surface area (Å²) in [5.74, 6) is 0. The lowest BCUT2D eigenvalue weighted by molar-refractivity contribution is 0.583. The van der Waals surface area contributed by atoms with Crippen molar-refractivity contribution in [2.45, 2.75) is 4.90 Å². The minimum absolute atomic E-state index is 0.0200. The molecular formula is C10H13FN2O2S. The predicted octanol–water partition coefficient (Wildman–Crippen LogP) is 0.777. The van der Waals surface area contributed by atoms with Gasteiger partial charge < -0.3 is 5.73 Å². The average molecular weight is 244 g/mol. The van der Waals surface area contributed by atoms with E-state index in [1.165, 1.54) is 12.1 Å². The Morgan fingerprint density at radius 3 is 2.50 bits per heavy atom. The maximum atomic E-state index is 12.2. The van der Waals surface area contributed by atoms with E-state index < -0.39 is 10.0 Å². The van der Waals surface area contributed by atoms with Crippen LogP contribution in [0.25, 0.3) is 0 Å². The van der Waals surface area contributed by atoms with Gasteiger partial charge in [0.1, 0.15) is 0 Å². The average Bonchev–Trinajstić information content (AvgIpc) is 2.31. The Labute approximate surface area is 94.0 Å². The monoisotopic (exact) mass is 244 g/mol. The summed E-state index contributed by atoms with van der Waals surface area (Å²) in [5.41, 5.74) is 5.40. The first-order valence-electron chi connectivity index (χ1n) is 4.63. The lowest BCUT2D eigenvalue weighted by Crippen LogP contribution is -2.27. The molecule has 3 N–H and O–H groups in total.